The minimum Gasteiger partial charge on any atom is -0.381 e. The van der Waals surface area contributed by atoms with Crippen molar-refractivity contribution in [1.82, 2.24) is 0 Å². The fourth-order valence-electron chi connectivity index (χ4n) is 1.83. The smallest absolute Gasteiger partial charge is 0.0720 e. The highest BCUT2D eigenvalue weighted by Gasteiger charge is 2.12. The minimum atomic E-state index is 0.382. The van der Waals surface area contributed by atoms with Crippen LogP contribution in [0.15, 0.2) is 30.3 Å². The lowest BCUT2D eigenvalue weighted by Crippen LogP contribution is -2.12. The van der Waals surface area contributed by atoms with Crippen molar-refractivity contribution >= 4 is 0 Å². The summed E-state index contributed by atoms with van der Waals surface area (Å²) >= 11 is 0. The zero-order chi connectivity index (χ0) is 10.3. The van der Waals surface area contributed by atoms with Gasteiger partial charge >= 0.3 is 0 Å². The Bertz CT molecular complexity index is 263. The highest BCUT2D eigenvalue weighted by Crippen LogP contribution is 2.14. The van der Waals surface area contributed by atoms with E-state index in [0.29, 0.717) is 6.10 Å². The molecule has 1 atom stereocenters. The van der Waals surface area contributed by atoms with Crippen LogP contribution in [-0.4, -0.2) is 19.3 Å². The summed E-state index contributed by atoms with van der Waals surface area (Å²) in [7, 11) is 0. The highest BCUT2D eigenvalue weighted by atomic mass is 16.5. The Morgan fingerprint density at radius 3 is 2.87 bits per heavy atom. The SMILES string of the molecule is c1ccc(COC2CCCOCC2)cc1. The van der Waals surface area contributed by atoms with Gasteiger partial charge in [0, 0.05) is 13.2 Å². The van der Waals surface area contributed by atoms with Crippen molar-refractivity contribution in [3.8, 4) is 0 Å². The first-order valence-corrected chi connectivity index (χ1v) is 5.68. The Labute approximate surface area is 91.2 Å². The zero-order valence-electron chi connectivity index (χ0n) is 9.02. The molecule has 1 fully saturated rings. The van der Waals surface area contributed by atoms with Crippen LogP contribution >= 0.6 is 0 Å². The topological polar surface area (TPSA) is 18.5 Å². The molecule has 0 amide bonds. The molecule has 1 unspecified atom stereocenters. The van der Waals surface area contributed by atoms with Crippen LogP contribution in [0.3, 0.4) is 0 Å². The fourth-order valence-corrected chi connectivity index (χ4v) is 1.83. The summed E-state index contributed by atoms with van der Waals surface area (Å²) in [6.45, 7) is 2.47. The molecule has 1 aromatic carbocycles. The monoisotopic (exact) mass is 206 g/mol. The third-order valence-electron chi connectivity index (χ3n) is 2.73. The Morgan fingerprint density at radius 2 is 2.00 bits per heavy atom. The second-order valence-corrected chi connectivity index (χ2v) is 3.96. The molecular formula is C13H18O2. The van der Waals surface area contributed by atoms with Crippen molar-refractivity contribution in [3.05, 3.63) is 35.9 Å². The lowest BCUT2D eigenvalue weighted by molar-refractivity contribution is 0.0263. The third kappa shape index (κ3) is 3.65. The van der Waals surface area contributed by atoms with Gasteiger partial charge in [-0.2, -0.15) is 0 Å². The Morgan fingerprint density at radius 1 is 1.13 bits per heavy atom. The van der Waals surface area contributed by atoms with Gasteiger partial charge in [-0.1, -0.05) is 30.3 Å². The van der Waals surface area contributed by atoms with Gasteiger partial charge in [-0.15, -0.1) is 0 Å². The number of hydrogen-bond acceptors (Lipinski definition) is 2. The van der Waals surface area contributed by atoms with Crippen molar-refractivity contribution in [2.75, 3.05) is 13.2 Å². The number of ether oxygens (including phenoxy) is 2. The maximum atomic E-state index is 5.87. The Kier molecular flexibility index (Phi) is 4.18. The predicted octanol–water partition coefficient (Wildman–Crippen LogP) is 2.77. The molecule has 2 heteroatoms. The van der Waals surface area contributed by atoms with Crippen LogP contribution in [0.1, 0.15) is 24.8 Å². The van der Waals surface area contributed by atoms with Crippen molar-refractivity contribution < 1.29 is 9.47 Å². The molecule has 0 N–H and O–H groups in total. The van der Waals surface area contributed by atoms with E-state index in [1.54, 1.807) is 0 Å². The van der Waals surface area contributed by atoms with Crippen LogP contribution < -0.4 is 0 Å². The van der Waals surface area contributed by atoms with Crippen LogP contribution in [0.4, 0.5) is 0 Å². The second-order valence-electron chi connectivity index (χ2n) is 3.96. The molecule has 1 aliphatic heterocycles. The maximum Gasteiger partial charge on any atom is 0.0720 e. The normalized spacial score (nSPS) is 22.3. The summed E-state index contributed by atoms with van der Waals surface area (Å²) in [5.74, 6) is 0. The van der Waals surface area contributed by atoms with Gasteiger partial charge in [0.25, 0.3) is 0 Å². The molecule has 2 nitrogen and oxygen atoms in total. The van der Waals surface area contributed by atoms with E-state index < -0.39 is 0 Å². The van der Waals surface area contributed by atoms with Crippen LogP contribution in [0.2, 0.25) is 0 Å². The molecule has 0 saturated carbocycles. The van der Waals surface area contributed by atoms with Crippen molar-refractivity contribution in [1.29, 1.82) is 0 Å². The molecule has 2 rings (SSSR count). The van der Waals surface area contributed by atoms with Crippen LogP contribution in [0, 0.1) is 0 Å². The van der Waals surface area contributed by atoms with E-state index in [0.717, 1.165) is 39.1 Å². The van der Waals surface area contributed by atoms with Crippen LogP contribution in [-0.2, 0) is 16.1 Å². The lowest BCUT2D eigenvalue weighted by atomic mass is 10.1. The molecule has 1 heterocycles. The summed E-state index contributed by atoms with van der Waals surface area (Å²) in [5.41, 5.74) is 1.25. The van der Waals surface area contributed by atoms with E-state index in [9.17, 15) is 0 Å². The molecule has 0 aromatic heterocycles. The van der Waals surface area contributed by atoms with E-state index in [2.05, 4.69) is 24.3 Å². The number of benzene rings is 1. The zero-order valence-corrected chi connectivity index (χ0v) is 9.02. The molecule has 1 aliphatic rings. The van der Waals surface area contributed by atoms with Gasteiger partial charge in [0.2, 0.25) is 0 Å². The van der Waals surface area contributed by atoms with Gasteiger partial charge < -0.3 is 9.47 Å². The molecule has 1 aromatic rings. The summed E-state index contributed by atoms with van der Waals surface area (Å²) in [6.07, 6.45) is 3.67. The van der Waals surface area contributed by atoms with Gasteiger partial charge in [-0.05, 0) is 24.8 Å². The minimum absolute atomic E-state index is 0.382. The first kappa shape index (κ1) is 10.7. The van der Waals surface area contributed by atoms with Crippen molar-refractivity contribution in [2.45, 2.75) is 32.0 Å². The first-order chi connectivity index (χ1) is 7.45. The van der Waals surface area contributed by atoms with Gasteiger partial charge in [-0.3, -0.25) is 0 Å². The summed E-state index contributed by atoms with van der Waals surface area (Å²) in [5, 5.41) is 0. The van der Waals surface area contributed by atoms with Gasteiger partial charge in [0.05, 0.1) is 12.7 Å². The molecule has 0 radical (unpaired) electrons. The van der Waals surface area contributed by atoms with E-state index in [1.807, 2.05) is 6.07 Å². The van der Waals surface area contributed by atoms with Crippen molar-refractivity contribution in [2.24, 2.45) is 0 Å². The number of hydrogen-bond donors (Lipinski definition) is 0. The average Bonchev–Trinajstić information content (AvgIpc) is 2.56. The Balaban J connectivity index is 1.77. The number of rotatable bonds is 3. The van der Waals surface area contributed by atoms with Gasteiger partial charge in [0.1, 0.15) is 0 Å². The van der Waals surface area contributed by atoms with Gasteiger partial charge in [0.15, 0.2) is 0 Å². The quantitative estimate of drug-likeness (QED) is 0.757. The highest BCUT2D eigenvalue weighted by molar-refractivity contribution is 5.13. The molecule has 0 bridgehead atoms. The van der Waals surface area contributed by atoms with Crippen LogP contribution in [0.25, 0.3) is 0 Å². The average molecular weight is 206 g/mol. The van der Waals surface area contributed by atoms with E-state index in [1.165, 1.54) is 5.56 Å². The second kappa shape index (κ2) is 5.89. The van der Waals surface area contributed by atoms with Crippen LogP contribution in [0.5, 0.6) is 0 Å². The van der Waals surface area contributed by atoms with E-state index >= 15 is 0 Å². The molecule has 0 spiro atoms. The molecule has 1 saturated heterocycles. The van der Waals surface area contributed by atoms with Gasteiger partial charge in [-0.25, -0.2) is 0 Å². The summed E-state index contributed by atoms with van der Waals surface area (Å²) < 4.78 is 11.3. The molecule has 82 valence electrons. The van der Waals surface area contributed by atoms with E-state index in [4.69, 9.17) is 9.47 Å². The summed E-state index contributed by atoms with van der Waals surface area (Å²) in [6, 6.07) is 10.3. The fraction of sp³-hybridized carbons (Fsp3) is 0.538. The lowest BCUT2D eigenvalue weighted by Gasteiger charge is -2.14. The first-order valence-electron chi connectivity index (χ1n) is 5.68. The summed E-state index contributed by atoms with van der Waals surface area (Å²) in [4.78, 5) is 0. The predicted molar refractivity (Wildman–Crippen MR) is 59.7 cm³/mol. The largest absolute Gasteiger partial charge is 0.381 e. The molecule has 15 heavy (non-hydrogen) atoms. The molecular weight excluding hydrogens is 188 g/mol. The van der Waals surface area contributed by atoms with Crippen molar-refractivity contribution in [3.63, 3.8) is 0 Å². The maximum absolute atomic E-state index is 5.87. The Hall–Kier alpha value is -0.860. The molecule has 0 aliphatic carbocycles. The van der Waals surface area contributed by atoms with E-state index in [-0.39, 0.29) is 0 Å². The third-order valence-corrected chi connectivity index (χ3v) is 2.73. The standard InChI is InChI=1S/C13H18O2/c1-2-5-12(6-3-1)11-15-13-7-4-9-14-10-8-13/h1-3,5-6,13H,4,7-11H2.